The number of nitrogens with zero attached hydrogens (tertiary/aromatic N) is 2. The fourth-order valence-corrected chi connectivity index (χ4v) is 1.81. The van der Waals surface area contributed by atoms with Crippen LogP contribution in [0, 0.1) is 5.82 Å². The first-order valence-electron chi connectivity index (χ1n) is 5.58. The summed E-state index contributed by atoms with van der Waals surface area (Å²) in [5.41, 5.74) is -0.872. The van der Waals surface area contributed by atoms with E-state index in [0.717, 1.165) is 10.7 Å². The average molecular weight is 262 g/mol. The third-order valence-corrected chi connectivity index (χ3v) is 2.82. The molecule has 5 nitrogen and oxygen atoms in total. The van der Waals surface area contributed by atoms with Gasteiger partial charge in [-0.05, 0) is 19.1 Å². The van der Waals surface area contributed by atoms with E-state index in [1.807, 2.05) is 0 Å². The zero-order chi connectivity index (χ0) is 14.0. The number of carbonyl (C=O) groups is 1. The minimum Gasteiger partial charge on any atom is -0.477 e. The maximum atomic E-state index is 13.7. The smallest absolute Gasteiger partial charge is 0.341 e. The van der Waals surface area contributed by atoms with Crippen LogP contribution in [0.4, 0.5) is 4.39 Å². The van der Waals surface area contributed by atoms with E-state index in [4.69, 9.17) is 5.11 Å². The van der Waals surface area contributed by atoms with Gasteiger partial charge in [-0.25, -0.2) is 13.9 Å². The van der Waals surface area contributed by atoms with Gasteiger partial charge >= 0.3 is 5.97 Å². The summed E-state index contributed by atoms with van der Waals surface area (Å²) in [6.45, 7) is 1.58. The second-order valence-electron chi connectivity index (χ2n) is 4.00. The fourth-order valence-electron chi connectivity index (χ4n) is 1.81. The van der Waals surface area contributed by atoms with Crippen LogP contribution in [-0.4, -0.2) is 20.9 Å². The van der Waals surface area contributed by atoms with Gasteiger partial charge in [-0.1, -0.05) is 18.2 Å². The molecule has 0 amide bonds. The summed E-state index contributed by atoms with van der Waals surface area (Å²) in [7, 11) is 0. The average Bonchev–Trinajstić information content (AvgIpc) is 2.38. The Bertz CT molecular complexity index is 682. The highest BCUT2D eigenvalue weighted by Gasteiger charge is 2.18. The van der Waals surface area contributed by atoms with Gasteiger partial charge in [-0.3, -0.25) is 4.79 Å². The molecule has 6 heteroatoms. The standard InChI is InChI=1S/C13H11FN2O3/c1-8(9-4-2-3-5-11(9)14)16-12(17)10(13(18)19)6-7-15-16/h2-8H,1H3,(H,18,19). The molecule has 1 aromatic carbocycles. The summed E-state index contributed by atoms with van der Waals surface area (Å²) < 4.78 is 14.6. The monoisotopic (exact) mass is 262 g/mol. The number of halogens is 1. The predicted molar refractivity (Wildman–Crippen MR) is 65.7 cm³/mol. The van der Waals surface area contributed by atoms with Crippen LogP contribution in [0.3, 0.4) is 0 Å². The lowest BCUT2D eigenvalue weighted by Gasteiger charge is -2.14. The van der Waals surface area contributed by atoms with Crippen molar-refractivity contribution in [1.82, 2.24) is 9.78 Å². The van der Waals surface area contributed by atoms with Crippen molar-refractivity contribution >= 4 is 5.97 Å². The van der Waals surface area contributed by atoms with Gasteiger partial charge in [0.2, 0.25) is 0 Å². The maximum Gasteiger partial charge on any atom is 0.341 e. The largest absolute Gasteiger partial charge is 0.477 e. The predicted octanol–water partition coefficient (Wildman–Crippen LogP) is 1.69. The lowest BCUT2D eigenvalue weighted by molar-refractivity contribution is 0.0693. The molecule has 2 aromatic rings. The summed E-state index contributed by atoms with van der Waals surface area (Å²) in [5, 5.41) is 12.7. The Balaban J connectivity index is 2.54. The van der Waals surface area contributed by atoms with Crippen molar-refractivity contribution < 1.29 is 14.3 Å². The van der Waals surface area contributed by atoms with Crippen molar-refractivity contribution in [3.63, 3.8) is 0 Å². The molecule has 0 aliphatic rings. The zero-order valence-electron chi connectivity index (χ0n) is 10.1. The normalized spacial score (nSPS) is 12.1. The van der Waals surface area contributed by atoms with Crippen LogP contribution in [0.5, 0.6) is 0 Å². The molecule has 0 saturated carbocycles. The Morgan fingerprint density at radius 2 is 2.05 bits per heavy atom. The molecule has 19 heavy (non-hydrogen) atoms. The van der Waals surface area contributed by atoms with E-state index in [1.165, 1.54) is 24.4 Å². The van der Waals surface area contributed by atoms with Crippen LogP contribution in [0.25, 0.3) is 0 Å². The van der Waals surface area contributed by atoms with Gasteiger partial charge in [0.1, 0.15) is 11.4 Å². The molecule has 0 bridgehead atoms. The number of benzene rings is 1. The first kappa shape index (κ1) is 12.9. The van der Waals surface area contributed by atoms with Gasteiger partial charge in [-0.15, -0.1) is 0 Å². The highest BCUT2D eigenvalue weighted by Crippen LogP contribution is 2.18. The first-order valence-corrected chi connectivity index (χ1v) is 5.58. The van der Waals surface area contributed by atoms with Gasteiger partial charge in [0.15, 0.2) is 0 Å². The van der Waals surface area contributed by atoms with Gasteiger partial charge in [0, 0.05) is 11.8 Å². The number of rotatable bonds is 3. The summed E-state index contributed by atoms with van der Waals surface area (Å²) in [5.74, 6) is -1.80. The van der Waals surface area contributed by atoms with Gasteiger partial charge in [0.25, 0.3) is 5.56 Å². The van der Waals surface area contributed by atoms with E-state index in [1.54, 1.807) is 13.0 Å². The van der Waals surface area contributed by atoms with Crippen molar-refractivity contribution in [2.75, 3.05) is 0 Å². The molecule has 1 atom stereocenters. The van der Waals surface area contributed by atoms with Crippen LogP contribution in [0.15, 0.2) is 41.3 Å². The van der Waals surface area contributed by atoms with Crippen LogP contribution < -0.4 is 5.56 Å². The second kappa shape index (κ2) is 5.01. The summed E-state index contributed by atoms with van der Waals surface area (Å²) in [6, 6.07) is 6.42. The molecule has 2 rings (SSSR count). The number of aromatic carboxylic acids is 1. The summed E-state index contributed by atoms with van der Waals surface area (Å²) in [6.07, 6.45) is 1.21. The molecular weight excluding hydrogens is 251 g/mol. The van der Waals surface area contributed by atoms with Crippen LogP contribution in [-0.2, 0) is 0 Å². The summed E-state index contributed by atoms with van der Waals surface area (Å²) in [4.78, 5) is 22.8. The molecule has 1 N–H and O–H groups in total. The second-order valence-corrected chi connectivity index (χ2v) is 4.00. The number of hydrogen-bond acceptors (Lipinski definition) is 3. The molecule has 98 valence electrons. The van der Waals surface area contributed by atoms with Crippen LogP contribution in [0.1, 0.15) is 28.9 Å². The lowest BCUT2D eigenvalue weighted by Crippen LogP contribution is -2.31. The highest BCUT2D eigenvalue weighted by molar-refractivity contribution is 5.86. The Kier molecular flexibility index (Phi) is 3.41. The van der Waals surface area contributed by atoms with Gasteiger partial charge in [-0.2, -0.15) is 5.10 Å². The Labute approximate surface area is 107 Å². The number of carboxylic acid groups (broad SMARTS) is 1. The molecule has 0 radical (unpaired) electrons. The molecule has 0 spiro atoms. The molecule has 0 aliphatic heterocycles. The Hall–Kier alpha value is -2.50. The minimum absolute atomic E-state index is 0.277. The van der Waals surface area contributed by atoms with Crippen LogP contribution >= 0.6 is 0 Å². The third-order valence-electron chi connectivity index (χ3n) is 2.82. The van der Waals surface area contributed by atoms with Gasteiger partial charge in [0.05, 0.1) is 6.04 Å². The number of carboxylic acids is 1. The molecule has 1 unspecified atom stereocenters. The number of aromatic nitrogens is 2. The first-order chi connectivity index (χ1) is 9.02. The van der Waals surface area contributed by atoms with E-state index >= 15 is 0 Å². The van der Waals surface area contributed by atoms with E-state index in [9.17, 15) is 14.0 Å². The van der Waals surface area contributed by atoms with Crippen molar-refractivity contribution in [2.45, 2.75) is 13.0 Å². The SMILES string of the molecule is CC(c1ccccc1F)n1nccc(C(=O)O)c1=O. The van der Waals surface area contributed by atoms with E-state index in [0.29, 0.717) is 0 Å². The number of hydrogen-bond donors (Lipinski definition) is 1. The zero-order valence-corrected chi connectivity index (χ0v) is 10.1. The highest BCUT2D eigenvalue weighted by atomic mass is 19.1. The van der Waals surface area contributed by atoms with E-state index < -0.39 is 29.0 Å². The third kappa shape index (κ3) is 2.37. The molecule has 0 fully saturated rings. The summed E-state index contributed by atoms with van der Waals surface area (Å²) >= 11 is 0. The fraction of sp³-hybridized carbons (Fsp3) is 0.154. The molecular formula is C13H11FN2O3. The maximum absolute atomic E-state index is 13.7. The van der Waals surface area contributed by atoms with Crippen molar-refractivity contribution in [1.29, 1.82) is 0 Å². The van der Waals surface area contributed by atoms with E-state index in [2.05, 4.69) is 5.10 Å². The lowest BCUT2D eigenvalue weighted by atomic mass is 10.1. The van der Waals surface area contributed by atoms with Crippen molar-refractivity contribution in [3.8, 4) is 0 Å². The van der Waals surface area contributed by atoms with Crippen LogP contribution in [0.2, 0.25) is 0 Å². The molecule has 0 saturated heterocycles. The molecule has 0 aliphatic carbocycles. The quantitative estimate of drug-likeness (QED) is 0.913. The minimum atomic E-state index is -1.33. The van der Waals surface area contributed by atoms with Gasteiger partial charge < -0.3 is 5.11 Å². The van der Waals surface area contributed by atoms with Crippen molar-refractivity contribution in [3.05, 3.63) is 63.8 Å². The topological polar surface area (TPSA) is 72.2 Å². The Morgan fingerprint density at radius 1 is 1.37 bits per heavy atom. The Morgan fingerprint density at radius 3 is 2.68 bits per heavy atom. The molecule has 1 aromatic heterocycles. The molecule has 1 heterocycles. The van der Waals surface area contributed by atoms with E-state index in [-0.39, 0.29) is 5.56 Å². The van der Waals surface area contributed by atoms with Crippen molar-refractivity contribution in [2.24, 2.45) is 0 Å².